The summed E-state index contributed by atoms with van der Waals surface area (Å²) in [5.74, 6) is -1.00. The van der Waals surface area contributed by atoms with E-state index in [1.165, 1.54) is 12.1 Å². The third kappa shape index (κ3) is 3.31. The van der Waals surface area contributed by atoms with Crippen LogP contribution in [0.4, 0.5) is 5.69 Å². The predicted molar refractivity (Wildman–Crippen MR) is 84.5 cm³/mol. The maximum absolute atomic E-state index is 12.3. The van der Waals surface area contributed by atoms with Crippen molar-refractivity contribution in [3.05, 3.63) is 51.2 Å². The first-order valence-corrected chi connectivity index (χ1v) is 7.45. The summed E-state index contributed by atoms with van der Waals surface area (Å²) in [5, 5.41) is 11.8. The van der Waals surface area contributed by atoms with E-state index in [0.717, 1.165) is 28.2 Å². The highest BCUT2D eigenvalue weighted by molar-refractivity contribution is 7.15. The summed E-state index contributed by atoms with van der Waals surface area (Å²) in [7, 11) is 0. The van der Waals surface area contributed by atoms with E-state index in [4.69, 9.17) is 5.11 Å². The molecule has 0 radical (unpaired) electrons. The van der Waals surface area contributed by atoms with Crippen molar-refractivity contribution in [2.75, 3.05) is 5.32 Å². The molecule has 0 atom stereocenters. The monoisotopic (exact) mass is 303 g/mol. The quantitative estimate of drug-likeness (QED) is 0.892. The van der Waals surface area contributed by atoms with E-state index >= 15 is 0 Å². The Labute approximate surface area is 127 Å². The van der Waals surface area contributed by atoms with Crippen molar-refractivity contribution >= 4 is 28.9 Å². The largest absolute Gasteiger partial charge is 0.477 e. The van der Waals surface area contributed by atoms with Gasteiger partial charge in [0, 0.05) is 5.69 Å². The fraction of sp³-hybridized carbons (Fsp3) is 0.250. The number of para-hydroxylation sites is 1. The zero-order chi connectivity index (χ0) is 15.6. The fourth-order valence-electron chi connectivity index (χ4n) is 2.09. The van der Waals surface area contributed by atoms with Gasteiger partial charge in [0.05, 0.1) is 4.88 Å². The van der Waals surface area contributed by atoms with Gasteiger partial charge in [-0.05, 0) is 36.1 Å². The highest BCUT2D eigenvalue weighted by Crippen LogP contribution is 2.28. The molecule has 0 aliphatic carbocycles. The standard InChI is InChI=1S/C16H17NO3S/c1-9(2)11-6-4-5-10(3)14(11)17-15(18)12-7-8-13(21-12)16(19)20/h4-9H,1-3H3,(H,17,18)(H,19,20). The smallest absolute Gasteiger partial charge is 0.345 e. The minimum atomic E-state index is -1.02. The van der Waals surface area contributed by atoms with E-state index in [2.05, 4.69) is 19.2 Å². The SMILES string of the molecule is Cc1cccc(C(C)C)c1NC(=O)c1ccc(C(=O)O)s1. The van der Waals surface area contributed by atoms with E-state index in [-0.39, 0.29) is 16.7 Å². The Morgan fingerprint density at radius 3 is 2.38 bits per heavy atom. The van der Waals surface area contributed by atoms with E-state index in [9.17, 15) is 9.59 Å². The molecule has 0 bridgehead atoms. The van der Waals surface area contributed by atoms with Crippen LogP contribution >= 0.6 is 11.3 Å². The minimum Gasteiger partial charge on any atom is -0.477 e. The van der Waals surface area contributed by atoms with Crippen LogP contribution in [-0.4, -0.2) is 17.0 Å². The topological polar surface area (TPSA) is 66.4 Å². The molecule has 110 valence electrons. The van der Waals surface area contributed by atoms with E-state index in [0.29, 0.717) is 4.88 Å². The Hall–Kier alpha value is -2.14. The first-order valence-electron chi connectivity index (χ1n) is 6.64. The number of hydrogen-bond acceptors (Lipinski definition) is 3. The number of carboxylic acids is 1. The Kier molecular flexibility index (Phi) is 4.43. The van der Waals surface area contributed by atoms with Crippen LogP contribution in [0, 0.1) is 6.92 Å². The summed E-state index contributed by atoms with van der Waals surface area (Å²) in [6, 6.07) is 8.89. The molecule has 0 aliphatic heterocycles. The number of thiophene rings is 1. The number of hydrogen-bond donors (Lipinski definition) is 2. The first kappa shape index (κ1) is 15.3. The molecule has 2 rings (SSSR count). The van der Waals surface area contributed by atoms with E-state index < -0.39 is 5.97 Å². The van der Waals surface area contributed by atoms with Gasteiger partial charge in [0.2, 0.25) is 0 Å². The Morgan fingerprint density at radius 1 is 1.14 bits per heavy atom. The molecule has 1 amide bonds. The maximum atomic E-state index is 12.3. The Balaban J connectivity index is 2.29. The van der Waals surface area contributed by atoms with Crippen LogP contribution in [-0.2, 0) is 0 Å². The normalized spacial score (nSPS) is 10.7. The van der Waals surface area contributed by atoms with Crippen LogP contribution in [0.15, 0.2) is 30.3 Å². The molecule has 0 spiro atoms. The van der Waals surface area contributed by atoms with Gasteiger partial charge in [-0.2, -0.15) is 0 Å². The second-order valence-electron chi connectivity index (χ2n) is 5.12. The second-order valence-corrected chi connectivity index (χ2v) is 6.20. The molecule has 0 saturated carbocycles. The number of aromatic carboxylic acids is 1. The average molecular weight is 303 g/mol. The number of amides is 1. The van der Waals surface area contributed by atoms with Crippen molar-refractivity contribution in [2.24, 2.45) is 0 Å². The number of rotatable bonds is 4. The first-order chi connectivity index (χ1) is 9.90. The van der Waals surface area contributed by atoms with Gasteiger partial charge in [0.1, 0.15) is 4.88 Å². The molecule has 0 unspecified atom stereocenters. The van der Waals surface area contributed by atoms with Gasteiger partial charge in [-0.25, -0.2) is 4.79 Å². The van der Waals surface area contributed by atoms with Crippen molar-refractivity contribution in [1.82, 2.24) is 0 Å². The number of carbonyl (C=O) groups excluding carboxylic acids is 1. The molecule has 2 N–H and O–H groups in total. The number of nitrogens with one attached hydrogen (secondary N) is 1. The highest BCUT2D eigenvalue weighted by atomic mass is 32.1. The van der Waals surface area contributed by atoms with Crippen molar-refractivity contribution in [3.63, 3.8) is 0 Å². The van der Waals surface area contributed by atoms with Crippen LogP contribution in [0.2, 0.25) is 0 Å². The lowest BCUT2D eigenvalue weighted by Gasteiger charge is -2.16. The minimum absolute atomic E-state index is 0.161. The van der Waals surface area contributed by atoms with Gasteiger partial charge < -0.3 is 10.4 Å². The predicted octanol–water partition coefficient (Wildman–Crippen LogP) is 4.13. The second kappa shape index (κ2) is 6.10. The summed E-state index contributed by atoms with van der Waals surface area (Å²) in [5.41, 5.74) is 2.87. The molecular weight excluding hydrogens is 286 g/mol. The lowest BCUT2D eigenvalue weighted by molar-refractivity contribution is 0.0702. The van der Waals surface area contributed by atoms with Crippen LogP contribution in [0.3, 0.4) is 0 Å². The third-order valence-corrected chi connectivity index (χ3v) is 4.28. The van der Waals surface area contributed by atoms with Crippen molar-refractivity contribution in [3.8, 4) is 0 Å². The molecule has 0 saturated heterocycles. The number of carboxylic acid groups (broad SMARTS) is 1. The van der Waals surface area contributed by atoms with E-state index in [1.54, 1.807) is 0 Å². The van der Waals surface area contributed by atoms with Gasteiger partial charge in [0.25, 0.3) is 5.91 Å². The maximum Gasteiger partial charge on any atom is 0.345 e. The van der Waals surface area contributed by atoms with E-state index in [1.807, 2.05) is 25.1 Å². The fourth-order valence-corrected chi connectivity index (χ4v) is 2.83. The molecule has 5 heteroatoms. The van der Waals surface area contributed by atoms with Crippen LogP contribution in [0.25, 0.3) is 0 Å². The van der Waals surface area contributed by atoms with Gasteiger partial charge in [-0.1, -0.05) is 32.0 Å². The number of aryl methyl sites for hydroxylation is 1. The van der Waals surface area contributed by atoms with Crippen LogP contribution in [0.1, 0.15) is 50.2 Å². The Bertz CT molecular complexity index is 689. The molecule has 2 aromatic rings. The summed E-state index contributed by atoms with van der Waals surface area (Å²) in [6.07, 6.45) is 0. The summed E-state index contributed by atoms with van der Waals surface area (Å²) < 4.78 is 0. The number of carbonyl (C=O) groups is 2. The lowest BCUT2D eigenvalue weighted by atomic mass is 9.98. The van der Waals surface area contributed by atoms with Gasteiger partial charge in [-0.15, -0.1) is 11.3 Å². The number of anilines is 1. The molecular formula is C16H17NO3S. The molecule has 0 fully saturated rings. The Morgan fingerprint density at radius 2 is 1.81 bits per heavy atom. The summed E-state index contributed by atoms with van der Waals surface area (Å²) >= 11 is 0.977. The molecule has 1 heterocycles. The van der Waals surface area contributed by atoms with Gasteiger partial charge in [0.15, 0.2) is 0 Å². The zero-order valence-electron chi connectivity index (χ0n) is 12.1. The molecule has 4 nitrogen and oxygen atoms in total. The van der Waals surface area contributed by atoms with Crippen molar-refractivity contribution < 1.29 is 14.7 Å². The lowest BCUT2D eigenvalue weighted by Crippen LogP contribution is -2.13. The van der Waals surface area contributed by atoms with Crippen LogP contribution < -0.4 is 5.32 Å². The third-order valence-electron chi connectivity index (χ3n) is 3.21. The molecule has 21 heavy (non-hydrogen) atoms. The average Bonchev–Trinajstić information content (AvgIpc) is 2.90. The van der Waals surface area contributed by atoms with Gasteiger partial charge in [-0.3, -0.25) is 4.79 Å². The zero-order valence-corrected chi connectivity index (χ0v) is 13.0. The molecule has 0 aliphatic rings. The number of benzene rings is 1. The molecule has 1 aromatic heterocycles. The van der Waals surface area contributed by atoms with Crippen LogP contribution in [0.5, 0.6) is 0 Å². The summed E-state index contributed by atoms with van der Waals surface area (Å²) in [6.45, 7) is 6.08. The molecule has 1 aromatic carbocycles. The highest BCUT2D eigenvalue weighted by Gasteiger charge is 2.16. The van der Waals surface area contributed by atoms with Gasteiger partial charge >= 0.3 is 5.97 Å². The summed E-state index contributed by atoms with van der Waals surface area (Å²) in [4.78, 5) is 23.7. The van der Waals surface area contributed by atoms with Crippen molar-refractivity contribution in [2.45, 2.75) is 26.7 Å². The van der Waals surface area contributed by atoms with Crippen molar-refractivity contribution in [1.29, 1.82) is 0 Å².